The predicted octanol–water partition coefficient (Wildman–Crippen LogP) is 2.87. The molecule has 0 unspecified atom stereocenters. The van der Waals surface area contributed by atoms with Crippen molar-refractivity contribution >= 4 is 54.2 Å². The molecule has 1 aliphatic rings. The molecule has 2 aromatic heterocycles. The van der Waals surface area contributed by atoms with E-state index < -0.39 is 0 Å². The lowest BCUT2D eigenvalue weighted by atomic mass is 9.97. The third-order valence-electron chi connectivity index (χ3n) is 3.26. The SMILES string of the molecule is Nc1nc2c(s1)C[C@H](NC(=O)c1cc(Br)c(Br)[nH]1)CC2. The van der Waals surface area contributed by atoms with E-state index in [1.165, 1.54) is 16.2 Å². The van der Waals surface area contributed by atoms with Crippen LogP contribution in [0.25, 0.3) is 0 Å². The van der Waals surface area contributed by atoms with Crippen LogP contribution in [0.1, 0.15) is 27.5 Å². The molecule has 1 amide bonds. The first kappa shape index (κ1) is 14.1. The minimum atomic E-state index is -0.0951. The number of nitrogens with one attached hydrogen (secondary N) is 2. The molecular weight excluding hydrogens is 408 g/mol. The summed E-state index contributed by atoms with van der Waals surface area (Å²) in [4.78, 5) is 20.7. The number of aromatic nitrogens is 2. The van der Waals surface area contributed by atoms with E-state index in [-0.39, 0.29) is 11.9 Å². The van der Waals surface area contributed by atoms with Gasteiger partial charge in [-0.05, 0) is 50.8 Å². The Morgan fingerprint density at radius 2 is 2.35 bits per heavy atom. The Morgan fingerprint density at radius 1 is 1.55 bits per heavy atom. The number of anilines is 1. The molecule has 0 saturated carbocycles. The second-order valence-corrected chi connectivity index (χ2v) is 7.44. The number of hydrogen-bond donors (Lipinski definition) is 3. The zero-order valence-corrected chi connectivity index (χ0v) is 14.4. The third-order valence-corrected chi connectivity index (χ3v) is 5.99. The molecule has 3 rings (SSSR count). The first-order valence-corrected chi connectivity index (χ1v) is 8.52. The first-order chi connectivity index (χ1) is 9.52. The number of H-pyrrole nitrogens is 1. The van der Waals surface area contributed by atoms with Crippen LogP contribution in [0.4, 0.5) is 5.13 Å². The fraction of sp³-hybridized carbons (Fsp3) is 0.333. The standard InChI is InChI=1S/C12H12Br2N4OS/c13-6-4-8(17-10(6)14)11(19)16-5-1-2-7-9(3-5)20-12(15)18-7/h4-5,17H,1-3H2,(H2,15,18)(H,16,19)/t5-/m1/s1. The highest BCUT2D eigenvalue weighted by atomic mass is 79.9. The zero-order valence-electron chi connectivity index (χ0n) is 10.4. The molecule has 0 bridgehead atoms. The number of halogens is 2. The first-order valence-electron chi connectivity index (χ1n) is 6.12. The van der Waals surface area contributed by atoms with Crippen molar-refractivity contribution < 1.29 is 4.79 Å². The normalized spacial score (nSPS) is 17.8. The molecule has 1 atom stereocenters. The third kappa shape index (κ3) is 2.77. The van der Waals surface area contributed by atoms with E-state index in [1.807, 2.05) is 0 Å². The number of nitrogen functional groups attached to an aromatic ring is 1. The summed E-state index contributed by atoms with van der Waals surface area (Å²) in [7, 11) is 0. The van der Waals surface area contributed by atoms with Gasteiger partial charge in [0.2, 0.25) is 0 Å². The quantitative estimate of drug-likeness (QED) is 0.699. The van der Waals surface area contributed by atoms with Crippen LogP contribution in [-0.2, 0) is 12.8 Å². The van der Waals surface area contributed by atoms with Crippen molar-refractivity contribution in [2.75, 3.05) is 5.73 Å². The van der Waals surface area contributed by atoms with Crippen molar-refractivity contribution in [3.8, 4) is 0 Å². The van der Waals surface area contributed by atoms with Crippen molar-refractivity contribution in [2.24, 2.45) is 0 Å². The van der Waals surface area contributed by atoms with Crippen LogP contribution >= 0.6 is 43.2 Å². The van der Waals surface area contributed by atoms with Crippen LogP contribution in [0.2, 0.25) is 0 Å². The van der Waals surface area contributed by atoms with Crippen molar-refractivity contribution in [3.63, 3.8) is 0 Å². The molecule has 2 aromatic rings. The van der Waals surface area contributed by atoms with Crippen molar-refractivity contribution in [1.29, 1.82) is 0 Å². The lowest BCUT2D eigenvalue weighted by molar-refractivity contribution is 0.0929. The molecule has 8 heteroatoms. The zero-order chi connectivity index (χ0) is 14.3. The predicted molar refractivity (Wildman–Crippen MR) is 86.0 cm³/mol. The molecule has 4 N–H and O–H groups in total. The van der Waals surface area contributed by atoms with Gasteiger partial charge in [-0.2, -0.15) is 0 Å². The van der Waals surface area contributed by atoms with Gasteiger partial charge in [-0.1, -0.05) is 0 Å². The number of thiazole rings is 1. The van der Waals surface area contributed by atoms with E-state index in [2.05, 4.69) is 47.1 Å². The van der Waals surface area contributed by atoms with Crippen molar-refractivity contribution in [2.45, 2.75) is 25.3 Å². The van der Waals surface area contributed by atoms with Gasteiger partial charge in [-0.3, -0.25) is 4.79 Å². The second-order valence-electron chi connectivity index (χ2n) is 4.68. The van der Waals surface area contributed by atoms with Gasteiger partial charge in [0, 0.05) is 17.3 Å². The Morgan fingerprint density at radius 3 is 3.05 bits per heavy atom. The molecule has 5 nitrogen and oxygen atoms in total. The smallest absolute Gasteiger partial charge is 0.267 e. The molecule has 0 aliphatic heterocycles. The molecule has 0 saturated heterocycles. The fourth-order valence-corrected chi connectivity index (χ4v) is 3.92. The Kier molecular flexibility index (Phi) is 3.87. The molecule has 2 heterocycles. The number of amides is 1. The summed E-state index contributed by atoms with van der Waals surface area (Å²) in [5.74, 6) is -0.0951. The average molecular weight is 420 g/mol. The monoisotopic (exact) mass is 418 g/mol. The van der Waals surface area contributed by atoms with Crippen LogP contribution in [0.3, 0.4) is 0 Å². The van der Waals surface area contributed by atoms with Gasteiger partial charge in [0.05, 0.1) is 14.8 Å². The van der Waals surface area contributed by atoms with E-state index in [0.717, 1.165) is 34.0 Å². The highest BCUT2D eigenvalue weighted by molar-refractivity contribution is 9.13. The maximum absolute atomic E-state index is 12.2. The minimum absolute atomic E-state index is 0.0951. The Hall–Kier alpha value is -0.860. The average Bonchev–Trinajstić information content (AvgIpc) is 2.91. The fourth-order valence-electron chi connectivity index (χ4n) is 2.31. The summed E-state index contributed by atoms with van der Waals surface area (Å²) in [5.41, 5.74) is 7.35. The van der Waals surface area contributed by atoms with Crippen LogP contribution in [-0.4, -0.2) is 21.9 Å². The van der Waals surface area contributed by atoms with Crippen molar-refractivity contribution in [1.82, 2.24) is 15.3 Å². The maximum atomic E-state index is 12.2. The van der Waals surface area contributed by atoms with Gasteiger partial charge < -0.3 is 16.0 Å². The number of carbonyl (C=O) groups is 1. The van der Waals surface area contributed by atoms with E-state index in [9.17, 15) is 4.79 Å². The minimum Gasteiger partial charge on any atom is -0.375 e. The molecule has 0 spiro atoms. The van der Waals surface area contributed by atoms with E-state index in [4.69, 9.17) is 5.73 Å². The number of nitrogens with zero attached hydrogens (tertiary/aromatic N) is 1. The topological polar surface area (TPSA) is 83.8 Å². The van der Waals surface area contributed by atoms with Gasteiger partial charge >= 0.3 is 0 Å². The highest BCUT2D eigenvalue weighted by Gasteiger charge is 2.24. The molecule has 0 radical (unpaired) electrons. The number of aryl methyl sites for hydroxylation is 1. The van der Waals surface area contributed by atoms with Crippen molar-refractivity contribution in [3.05, 3.63) is 31.4 Å². The molecular formula is C12H12Br2N4OS. The van der Waals surface area contributed by atoms with Gasteiger partial charge in [0.1, 0.15) is 5.69 Å². The highest BCUT2D eigenvalue weighted by Crippen LogP contribution is 2.28. The Bertz CT molecular complexity index is 647. The molecule has 106 valence electrons. The van der Waals surface area contributed by atoms with Crippen LogP contribution in [0.5, 0.6) is 0 Å². The lowest BCUT2D eigenvalue weighted by Gasteiger charge is -2.22. The van der Waals surface area contributed by atoms with Gasteiger partial charge in [-0.15, -0.1) is 11.3 Å². The molecule has 1 aliphatic carbocycles. The molecule has 0 aromatic carbocycles. The largest absolute Gasteiger partial charge is 0.375 e. The van der Waals surface area contributed by atoms with Gasteiger partial charge in [0.25, 0.3) is 5.91 Å². The number of hydrogen-bond acceptors (Lipinski definition) is 4. The number of nitrogens with two attached hydrogens (primary N) is 1. The Balaban J connectivity index is 1.68. The van der Waals surface area contributed by atoms with Gasteiger partial charge in [-0.25, -0.2) is 4.98 Å². The second kappa shape index (κ2) is 5.50. The summed E-state index contributed by atoms with van der Waals surface area (Å²) < 4.78 is 1.60. The maximum Gasteiger partial charge on any atom is 0.267 e. The number of rotatable bonds is 2. The molecule has 20 heavy (non-hydrogen) atoms. The van der Waals surface area contributed by atoms with Gasteiger partial charge in [0.15, 0.2) is 5.13 Å². The van der Waals surface area contributed by atoms with E-state index >= 15 is 0 Å². The summed E-state index contributed by atoms with van der Waals surface area (Å²) in [6.45, 7) is 0. The number of fused-ring (bicyclic) bond motifs is 1. The van der Waals surface area contributed by atoms with Crippen LogP contribution < -0.4 is 11.1 Å². The van der Waals surface area contributed by atoms with E-state index in [1.54, 1.807) is 6.07 Å². The number of aromatic amines is 1. The summed E-state index contributed by atoms with van der Waals surface area (Å²) in [6.07, 6.45) is 2.57. The summed E-state index contributed by atoms with van der Waals surface area (Å²) in [6, 6.07) is 1.90. The van der Waals surface area contributed by atoms with E-state index in [0.29, 0.717) is 10.8 Å². The summed E-state index contributed by atoms with van der Waals surface area (Å²) >= 11 is 8.20. The van der Waals surface area contributed by atoms with Crippen LogP contribution in [0, 0.1) is 0 Å². The van der Waals surface area contributed by atoms with Crippen LogP contribution in [0.15, 0.2) is 15.1 Å². The number of carbonyl (C=O) groups excluding carboxylic acids is 1. The lowest BCUT2D eigenvalue weighted by Crippen LogP contribution is -2.38. The summed E-state index contributed by atoms with van der Waals surface area (Å²) in [5, 5.41) is 3.66. The molecule has 0 fully saturated rings. The Labute approximate surface area is 136 Å².